The lowest BCUT2D eigenvalue weighted by Crippen LogP contribution is -2.37. The van der Waals surface area contributed by atoms with Crippen molar-refractivity contribution in [3.8, 4) is 5.69 Å². The number of halogens is 1. The number of rotatable bonds is 4. The number of ether oxygens (including phenoxy) is 1. The average molecular weight is 378 g/mol. The van der Waals surface area contributed by atoms with Crippen LogP contribution >= 0.6 is 11.6 Å². The second kappa shape index (κ2) is 7.37. The zero-order valence-electron chi connectivity index (χ0n) is 14.6. The lowest BCUT2D eigenvalue weighted by molar-refractivity contribution is 0.0682. The molecule has 1 aliphatic rings. The predicted octanol–water partition coefficient (Wildman–Crippen LogP) is 3.37. The fourth-order valence-electron chi connectivity index (χ4n) is 2.87. The van der Waals surface area contributed by atoms with Crippen molar-refractivity contribution in [2.75, 3.05) is 13.2 Å². The summed E-state index contributed by atoms with van der Waals surface area (Å²) >= 11 is 5.92. The van der Waals surface area contributed by atoms with Gasteiger partial charge in [-0.1, -0.05) is 25.4 Å². The number of benzene rings is 1. The van der Waals surface area contributed by atoms with E-state index in [4.69, 9.17) is 16.3 Å². The number of carbonyl (C=O) groups excluding carboxylic acids is 1. The van der Waals surface area contributed by atoms with E-state index < -0.39 is 12.1 Å². The van der Waals surface area contributed by atoms with E-state index in [2.05, 4.69) is 5.10 Å². The van der Waals surface area contributed by atoms with Crippen molar-refractivity contribution in [3.05, 3.63) is 46.2 Å². The minimum Gasteiger partial charge on any atom is -0.476 e. The molecule has 1 aromatic carbocycles. The fraction of sp³-hybridized carbons (Fsp3) is 0.389. The van der Waals surface area contributed by atoms with Gasteiger partial charge in [0.05, 0.1) is 24.5 Å². The molecule has 2 aromatic rings. The van der Waals surface area contributed by atoms with E-state index in [1.54, 1.807) is 28.9 Å². The molecular weight excluding hydrogens is 358 g/mol. The van der Waals surface area contributed by atoms with Gasteiger partial charge in [0.1, 0.15) is 0 Å². The van der Waals surface area contributed by atoms with Crippen LogP contribution in [-0.2, 0) is 17.7 Å². The van der Waals surface area contributed by atoms with Crippen molar-refractivity contribution in [3.63, 3.8) is 0 Å². The maximum atomic E-state index is 12.2. The number of carboxylic acid groups (broad SMARTS) is 1. The van der Waals surface area contributed by atoms with Crippen LogP contribution in [0.5, 0.6) is 0 Å². The standard InChI is InChI=1S/C18H20ClN3O4/c1-11(2)10-26-18(25)21-8-7-15-14(9-21)16(17(23)24)20-22(15)13-5-3-12(19)4-6-13/h3-6,11H,7-10H2,1-2H3,(H,23,24). The Kier molecular flexibility index (Phi) is 5.18. The first-order valence-electron chi connectivity index (χ1n) is 8.38. The highest BCUT2D eigenvalue weighted by Crippen LogP contribution is 2.26. The molecule has 1 aromatic heterocycles. The Morgan fingerprint density at radius 1 is 1.31 bits per heavy atom. The molecule has 0 radical (unpaired) electrons. The van der Waals surface area contributed by atoms with Crippen molar-refractivity contribution in [1.82, 2.24) is 14.7 Å². The van der Waals surface area contributed by atoms with Crippen molar-refractivity contribution >= 4 is 23.7 Å². The van der Waals surface area contributed by atoms with E-state index in [0.29, 0.717) is 30.2 Å². The first-order valence-corrected chi connectivity index (χ1v) is 8.76. The Labute approximate surface area is 156 Å². The summed E-state index contributed by atoms with van der Waals surface area (Å²) < 4.78 is 6.88. The topological polar surface area (TPSA) is 84.7 Å². The normalized spacial score (nSPS) is 13.6. The lowest BCUT2D eigenvalue weighted by Gasteiger charge is -2.27. The minimum atomic E-state index is -1.12. The molecule has 0 unspecified atom stereocenters. The molecule has 0 saturated carbocycles. The maximum Gasteiger partial charge on any atom is 0.410 e. The summed E-state index contributed by atoms with van der Waals surface area (Å²) in [5.41, 5.74) is 2.02. The van der Waals surface area contributed by atoms with Crippen LogP contribution in [0.25, 0.3) is 5.69 Å². The number of hydrogen-bond acceptors (Lipinski definition) is 4. The van der Waals surface area contributed by atoms with Gasteiger partial charge in [0, 0.05) is 23.6 Å². The molecule has 26 heavy (non-hydrogen) atoms. The van der Waals surface area contributed by atoms with Crippen molar-refractivity contribution in [2.24, 2.45) is 5.92 Å². The van der Waals surface area contributed by atoms with E-state index in [1.807, 2.05) is 13.8 Å². The molecule has 0 saturated heterocycles. The van der Waals surface area contributed by atoms with E-state index in [0.717, 1.165) is 11.4 Å². The van der Waals surface area contributed by atoms with Crippen LogP contribution < -0.4 is 0 Å². The van der Waals surface area contributed by atoms with Crippen molar-refractivity contribution in [2.45, 2.75) is 26.8 Å². The quantitative estimate of drug-likeness (QED) is 0.882. The van der Waals surface area contributed by atoms with Gasteiger partial charge in [-0.2, -0.15) is 5.10 Å². The highest BCUT2D eigenvalue weighted by atomic mass is 35.5. The average Bonchev–Trinajstić information content (AvgIpc) is 2.99. The van der Waals surface area contributed by atoms with E-state index in [9.17, 15) is 14.7 Å². The molecule has 7 nitrogen and oxygen atoms in total. The van der Waals surface area contributed by atoms with Gasteiger partial charge in [0.25, 0.3) is 0 Å². The molecule has 2 heterocycles. The third-order valence-electron chi connectivity index (χ3n) is 4.13. The van der Waals surface area contributed by atoms with Crippen LogP contribution in [0.1, 0.15) is 35.6 Å². The number of aromatic carboxylic acids is 1. The van der Waals surface area contributed by atoms with E-state index in [1.165, 1.54) is 4.90 Å². The smallest absolute Gasteiger partial charge is 0.410 e. The number of fused-ring (bicyclic) bond motifs is 1. The molecule has 0 bridgehead atoms. The summed E-state index contributed by atoms with van der Waals surface area (Å²) in [6, 6.07) is 7.02. The Morgan fingerprint density at radius 3 is 2.62 bits per heavy atom. The van der Waals surface area contributed by atoms with Gasteiger partial charge in [0.15, 0.2) is 5.69 Å². The number of aromatic nitrogens is 2. The molecule has 1 aliphatic heterocycles. The molecule has 8 heteroatoms. The van der Waals surface area contributed by atoms with Gasteiger partial charge in [-0.05, 0) is 30.2 Å². The first kappa shape index (κ1) is 18.3. The third-order valence-corrected chi connectivity index (χ3v) is 4.38. The van der Waals surface area contributed by atoms with Gasteiger partial charge in [-0.25, -0.2) is 14.3 Å². The molecular formula is C18H20ClN3O4. The third kappa shape index (κ3) is 3.67. The molecule has 138 valence electrons. The number of carbonyl (C=O) groups is 2. The largest absolute Gasteiger partial charge is 0.476 e. The Bertz CT molecular complexity index is 830. The Hall–Kier alpha value is -2.54. The van der Waals surface area contributed by atoms with Crippen LogP contribution in [0.4, 0.5) is 4.79 Å². The molecule has 0 fully saturated rings. The summed E-state index contributed by atoms with van der Waals surface area (Å²) in [5.74, 6) is -0.882. The summed E-state index contributed by atoms with van der Waals surface area (Å²) in [5, 5.41) is 14.4. The highest BCUT2D eigenvalue weighted by Gasteiger charge is 2.31. The number of nitrogens with zero attached hydrogens (tertiary/aromatic N) is 3. The summed E-state index contributed by atoms with van der Waals surface area (Å²) in [4.78, 5) is 25.4. The van der Waals surface area contributed by atoms with Crippen LogP contribution in [-0.4, -0.2) is 45.0 Å². The predicted molar refractivity (Wildman–Crippen MR) is 95.8 cm³/mol. The summed E-state index contributed by atoms with van der Waals surface area (Å²) in [7, 11) is 0. The summed E-state index contributed by atoms with van der Waals surface area (Å²) in [6.45, 7) is 4.86. The maximum absolute atomic E-state index is 12.2. The van der Waals surface area contributed by atoms with Gasteiger partial charge in [0.2, 0.25) is 0 Å². The zero-order valence-corrected chi connectivity index (χ0v) is 15.4. The van der Waals surface area contributed by atoms with Gasteiger partial charge in [-0.15, -0.1) is 0 Å². The van der Waals surface area contributed by atoms with Crippen molar-refractivity contribution in [1.29, 1.82) is 0 Å². The second-order valence-corrected chi connectivity index (χ2v) is 7.05. The number of amides is 1. The Balaban J connectivity index is 1.91. The van der Waals surface area contributed by atoms with Crippen LogP contribution in [0.2, 0.25) is 5.02 Å². The summed E-state index contributed by atoms with van der Waals surface area (Å²) in [6.07, 6.45) is 0.0644. The molecule has 3 rings (SSSR count). The number of carboxylic acids is 1. The minimum absolute atomic E-state index is 0.0451. The van der Waals surface area contributed by atoms with Crippen LogP contribution in [0, 0.1) is 5.92 Å². The molecule has 0 atom stereocenters. The first-order chi connectivity index (χ1) is 12.4. The lowest BCUT2D eigenvalue weighted by atomic mass is 10.1. The highest BCUT2D eigenvalue weighted by molar-refractivity contribution is 6.30. The van der Waals surface area contributed by atoms with E-state index >= 15 is 0 Å². The van der Waals surface area contributed by atoms with E-state index in [-0.39, 0.29) is 18.2 Å². The van der Waals surface area contributed by atoms with Crippen molar-refractivity contribution < 1.29 is 19.4 Å². The molecule has 0 spiro atoms. The fourth-order valence-corrected chi connectivity index (χ4v) is 3.00. The van der Waals surface area contributed by atoms with Crippen LogP contribution in [0.15, 0.2) is 24.3 Å². The van der Waals surface area contributed by atoms with Crippen LogP contribution in [0.3, 0.4) is 0 Å². The monoisotopic (exact) mass is 377 g/mol. The zero-order chi connectivity index (χ0) is 18.8. The molecule has 1 amide bonds. The van der Waals surface area contributed by atoms with Gasteiger partial charge in [-0.3, -0.25) is 0 Å². The Morgan fingerprint density at radius 2 is 2.00 bits per heavy atom. The van der Waals surface area contributed by atoms with Gasteiger partial charge >= 0.3 is 12.1 Å². The SMILES string of the molecule is CC(C)COC(=O)N1CCc2c(c(C(=O)O)nn2-c2ccc(Cl)cc2)C1. The molecule has 1 N–H and O–H groups in total. The molecule has 0 aliphatic carbocycles. The second-order valence-electron chi connectivity index (χ2n) is 6.61. The number of hydrogen-bond donors (Lipinski definition) is 1. The van der Waals surface area contributed by atoms with Gasteiger partial charge < -0.3 is 14.7 Å².